The Bertz CT molecular complexity index is 950. The molecule has 0 radical (unpaired) electrons. The second-order valence-electron chi connectivity index (χ2n) is 6.50. The van der Waals surface area contributed by atoms with Crippen LogP contribution in [0.5, 0.6) is 28.7 Å². The van der Waals surface area contributed by atoms with Gasteiger partial charge in [-0.2, -0.15) is 0 Å². The molecule has 7 nitrogen and oxygen atoms in total. The number of para-hydroxylation sites is 1. The average Bonchev–Trinajstić information content (AvgIpc) is 2.62. The zero-order valence-electron chi connectivity index (χ0n) is 14.5. The van der Waals surface area contributed by atoms with Gasteiger partial charge in [0.1, 0.15) is 29.4 Å². The number of fused-ring (bicyclic) bond motifs is 4. The molecule has 0 unspecified atom stereocenters. The van der Waals surface area contributed by atoms with Crippen molar-refractivity contribution < 1.29 is 34.3 Å². The number of Topliss-reactive ketones (excluding diaryl/α,β-unsaturated/α-hetero) is 1. The first-order valence-electron chi connectivity index (χ1n) is 8.11. The van der Waals surface area contributed by atoms with Crippen LogP contribution in [0.15, 0.2) is 18.2 Å². The Morgan fingerprint density at radius 3 is 2.62 bits per heavy atom. The van der Waals surface area contributed by atoms with Crippen molar-refractivity contribution in [3.63, 3.8) is 0 Å². The first-order valence-corrected chi connectivity index (χ1v) is 8.11. The molecular weight excluding hydrogens is 340 g/mol. The van der Waals surface area contributed by atoms with Crippen molar-refractivity contribution in [3.05, 3.63) is 40.5 Å². The summed E-state index contributed by atoms with van der Waals surface area (Å²) in [4.78, 5) is 13.3. The normalized spacial score (nSPS) is 23.2. The summed E-state index contributed by atoms with van der Waals surface area (Å²) >= 11 is 0. The molecule has 26 heavy (non-hydrogen) atoms. The van der Waals surface area contributed by atoms with E-state index in [1.807, 2.05) is 0 Å². The van der Waals surface area contributed by atoms with Gasteiger partial charge in [0.25, 0.3) is 0 Å². The van der Waals surface area contributed by atoms with E-state index in [4.69, 9.17) is 14.2 Å². The SMILES string of the molecule is COc1c(C)c(O)c2c(c1C)O[C@H]1COc3c(O)cccc3[C@]1(O)C2=O. The van der Waals surface area contributed by atoms with E-state index >= 15 is 0 Å². The van der Waals surface area contributed by atoms with Crippen LogP contribution in [0, 0.1) is 13.8 Å². The van der Waals surface area contributed by atoms with Gasteiger partial charge in [0.15, 0.2) is 23.2 Å². The van der Waals surface area contributed by atoms with Gasteiger partial charge in [-0.1, -0.05) is 12.1 Å². The van der Waals surface area contributed by atoms with Gasteiger partial charge in [0.05, 0.1) is 7.11 Å². The quantitative estimate of drug-likeness (QED) is 0.715. The van der Waals surface area contributed by atoms with Crippen molar-refractivity contribution in [3.8, 4) is 28.7 Å². The predicted molar refractivity (Wildman–Crippen MR) is 90.4 cm³/mol. The van der Waals surface area contributed by atoms with Gasteiger partial charge in [-0.25, -0.2) is 0 Å². The van der Waals surface area contributed by atoms with Crippen LogP contribution in [0.4, 0.5) is 0 Å². The first-order chi connectivity index (χ1) is 12.3. The summed E-state index contributed by atoms with van der Waals surface area (Å²) in [7, 11) is 1.46. The minimum absolute atomic E-state index is 0.0353. The number of phenolic OH excluding ortho intramolecular Hbond substituents is 2. The molecule has 0 fully saturated rings. The minimum atomic E-state index is -2.08. The molecule has 0 saturated carbocycles. The van der Waals surface area contributed by atoms with Gasteiger partial charge in [0, 0.05) is 16.7 Å². The molecule has 0 bridgehead atoms. The third kappa shape index (κ3) is 1.83. The van der Waals surface area contributed by atoms with Crippen LogP contribution in [0.3, 0.4) is 0 Å². The molecule has 136 valence electrons. The molecule has 0 aromatic heterocycles. The van der Waals surface area contributed by atoms with E-state index in [9.17, 15) is 20.1 Å². The number of carbonyl (C=O) groups excluding carboxylic acids is 1. The third-order valence-electron chi connectivity index (χ3n) is 5.13. The zero-order valence-corrected chi connectivity index (χ0v) is 14.5. The molecule has 4 rings (SSSR count). The topological polar surface area (TPSA) is 105 Å². The van der Waals surface area contributed by atoms with Gasteiger partial charge < -0.3 is 29.5 Å². The lowest BCUT2D eigenvalue weighted by atomic mass is 9.76. The molecule has 2 aliphatic rings. The highest BCUT2D eigenvalue weighted by Crippen LogP contribution is 2.53. The molecule has 2 atom stereocenters. The second kappa shape index (κ2) is 5.28. The summed E-state index contributed by atoms with van der Waals surface area (Å²) in [6.07, 6.45) is -1.03. The lowest BCUT2D eigenvalue weighted by Crippen LogP contribution is -2.57. The fourth-order valence-corrected chi connectivity index (χ4v) is 3.79. The second-order valence-corrected chi connectivity index (χ2v) is 6.50. The molecule has 2 aromatic rings. The highest BCUT2D eigenvalue weighted by molar-refractivity contribution is 6.10. The summed E-state index contributed by atoms with van der Waals surface area (Å²) in [5.74, 6) is -0.573. The Labute approximate surface area is 149 Å². The molecular formula is C19H18O7. The number of rotatable bonds is 1. The molecule has 2 heterocycles. The number of methoxy groups -OCH3 is 1. The van der Waals surface area contributed by atoms with Crippen LogP contribution in [0.2, 0.25) is 0 Å². The monoisotopic (exact) mass is 358 g/mol. The highest BCUT2D eigenvalue weighted by Gasteiger charge is 2.57. The van der Waals surface area contributed by atoms with E-state index < -0.39 is 17.5 Å². The van der Waals surface area contributed by atoms with Crippen LogP contribution in [-0.4, -0.2) is 40.9 Å². The molecule has 0 amide bonds. The van der Waals surface area contributed by atoms with Gasteiger partial charge >= 0.3 is 0 Å². The fourth-order valence-electron chi connectivity index (χ4n) is 3.79. The van der Waals surface area contributed by atoms with Crippen molar-refractivity contribution in [1.29, 1.82) is 0 Å². The summed E-state index contributed by atoms with van der Waals surface area (Å²) in [6, 6.07) is 4.40. The number of aromatic hydroxyl groups is 2. The maximum Gasteiger partial charge on any atom is 0.210 e. The Hall–Kier alpha value is -2.93. The van der Waals surface area contributed by atoms with Crippen molar-refractivity contribution >= 4 is 5.78 Å². The fraction of sp³-hybridized carbons (Fsp3) is 0.316. The molecule has 0 spiro atoms. The molecule has 2 aliphatic heterocycles. The van der Waals surface area contributed by atoms with Crippen molar-refractivity contribution in [2.75, 3.05) is 13.7 Å². The lowest BCUT2D eigenvalue weighted by Gasteiger charge is -2.43. The van der Waals surface area contributed by atoms with Crippen LogP contribution >= 0.6 is 0 Å². The van der Waals surface area contributed by atoms with E-state index in [1.165, 1.54) is 25.3 Å². The average molecular weight is 358 g/mol. The number of hydrogen-bond acceptors (Lipinski definition) is 7. The minimum Gasteiger partial charge on any atom is -0.507 e. The molecule has 0 aliphatic carbocycles. The van der Waals surface area contributed by atoms with Crippen molar-refractivity contribution in [2.45, 2.75) is 25.6 Å². The summed E-state index contributed by atoms with van der Waals surface area (Å²) < 4.78 is 16.7. The molecule has 7 heteroatoms. The molecule has 3 N–H and O–H groups in total. The van der Waals surface area contributed by atoms with Crippen LogP contribution < -0.4 is 14.2 Å². The predicted octanol–water partition coefficient (Wildman–Crippen LogP) is 1.95. The van der Waals surface area contributed by atoms with E-state index in [-0.39, 0.29) is 40.7 Å². The summed E-state index contributed by atoms with van der Waals surface area (Å²) in [5.41, 5.74) is -1.14. The number of benzene rings is 2. The van der Waals surface area contributed by atoms with Crippen molar-refractivity contribution in [1.82, 2.24) is 0 Å². The van der Waals surface area contributed by atoms with Crippen molar-refractivity contribution in [2.24, 2.45) is 0 Å². The third-order valence-corrected chi connectivity index (χ3v) is 5.13. The van der Waals surface area contributed by atoms with Gasteiger partial charge in [-0.05, 0) is 19.9 Å². The summed E-state index contributed by atoms with van der Waals surface area (Å²) in [6.45, 7) is 3.20. The zero-order chi connectivity index (χ0) is 18.8. The largest absolute Gasteiger partial charge is 0.507 e. The van der Waals surface area contributed by atoms with Crippen LogP contribution in [-0.2, 0) is 5.60 Å². The number of ketones is 1. The van der Waals surface area contributed by atoms with Crippen LogP contribution in [0.25, 0.3) is 0 Å². The molecule has 2 aromatic carbocycles. The van der Waals surface area contributed by atoms with E-state index in [0.29, 0.717) is 16.9 Å². The first kappa shape index (κ1) is 16.5. The number of ether oxygens (including phenoxy) is 3. The smallest absolute Gasteiger partial charge is 0.210 e. The van der Waals surface area contributed by atoms with E-state index in [0.717, 1.165) is 0 Å². The maximum atomic E-state index is 13.3. The molecule has 0 saturated heterocycles. The Kier molecular flexibility index (Phi) is 3.36. The van der Waals surface area contributed by atoms with Gasteiger partial charge in [0.2, 0.25) is 5.78 Å². The van der Waals surface area contributed by atoms with E-state index in [1.54, 1.807) is 13.8 Å². The Morgan fingerprint density at radius 1 is 1.19 bits per heavy atom. The van der Waals surface area contributed by atoms with Gasteiger partial charge in [-0.15, -0.1) is 0 Å². The Morgan fingerprint density at radius 2 is 1.92 bits per heavy atom. The number of hydrogen-bond donors (Lipinski definition) is 3. The maximum absolute atomic E-state index is 13.3. The Balaban J connectivity index is 2.00. The van der Waals surface area contributed by atoms with Crippen LogP contribution in [0.1, 0.15) is 27.0 Å². The highest BCUT2D eigenvalue weighted by atomic mass is 16.6. The number of carbonyl (C=O) groups is 1. The number of aliphatic hydroxyl groups is 1. The van der Waals surface area contributed by atoms with Gasteiger partial charge in [-0.3, -0.25) is 4.79 Å². The lowest BCUT2D eigenvalue weighted by molar-refractivity contribution is -0.0809. The van der Waals surface area contributed by atoms with E-state index in [2.05, 4.69) is 0 Å². The standard InChI is InChI=1S/C19H18O7/c1-8-14(21)13-16(9(2)15(8)24-3)26-12-7-25-17-10(5-4-6-11(17)20)19(12,23)18(13)22/h4-6,12,20-21,23H,7H2,1-3H3/t12-,19+/m0/s1. The summed E-state index contributed by atoms with van der Waals surface area (Å²) in [5, 5.41) is 31.9. The number of phenols is 2.